The van der Waals surface area contributed by atoms with Crippen LogP contribution < -0.4 is 9.47 Å². The predicted octanol–water partition coefficient (Wildman–Crippen LogP) is 2.83. The number of aliphatic hydroxyl groups is 1. The Hall–Kier alpha value is -1.55. The largest absolute Gasteiger partial charge is 0.497 e. The third-order valence-corrected chi connectivity index (χ3v) is 3.86. The number of hydrogen-bond acceptors (Lipinski definition) is 4. The Morgan fingerprint density at radius 1 is 1.40 bits per heavy atom. The summed E-state index contributed by atoms with van der Waals surface area (Å²) in [7, 11) is 1.56. The van der Waals surface area contributed by atoms with Crippen molar-refractivity contribution in [2.75, 3.05) is 13.7 Å². The Labute approximate surface area is 119 Å². The van der Waals surface area contributed by atoms with E-state index in [1.54, 1.807) is 25.3 Å². The molecule has 1 atom stereocenters. The number of carbonyl (C=O) groups excluding carboxylic acids is 1. The number of aldehydes is 1. The third kappa shape index (κ3) is 3.97. The molecule has 0 heterocycles. The van der Waals surface area contributed by atoms with Gasteiger partial charge >= 0.3 is 0 Å². The summed E-state index contributed by atoms with van der Waals surface area (Å²) in [6.07, 6.45) is 5.99. The summed E-state index contributed by atoms with van der Waals surface area (Å²) < 4.78 is 10.7. The molecule has 1 aliphatic rings. The van der Waals surface area contributed by atoms with Gasteiger partial charge in [0, 0.05) is 6.07 Å². The second-order valence-corrected chi connectivity index (χ2v) is 5.37. The van der Waals surface area contributed by atoms with Crippen molar-refractivity contribution in [1.82, 2.24) is 0 Å². The van der Waals surface area contributed by atoms with E-state index in [1.807, 2.05) is 0 Å². The molecule has 0 spiro atoms. The lowest BCUT2D eigenvalue weighted by molar-refractivity contribution is 0.0844. The molecular formula is C16H22O4. The van der Waals surface area contributed by atoms with Gasteiger partial charge in [0.25, 0.3) is 0 Å². The summed E-state index contributed by atoms with van der Waals surface area (Å²) in [6, 6.07) is 5.04. The first kappa shape index (κ1) is 14.9. The Morgan fingerprint density at radius 3 is 2.80 bits per heavy atom. The van der Waals surface area contributed by atoms with E-state index in [-0.39, 0.29) is 6.61 Å². The van der Waals surface area contributed by atoms with Gasteiger partial charge in [-0.1, -0.05) is 25.7 Å². The van der Waals surface area contributed by atoms with Crippen molar-refractivity contribution < 1.29 is 19.4 Å². The van der Waals surface area contributed by atoms with Crippen molar-refractivity contribution in [2.24, 2.45) is 5.92 Å². The zero-order valence-corrected chi connectivity index (χ0v) is 11.9. The Morgan fingerprint density at radius 2 is 2.15 bits per heavy atom. The predicted molar refractivity (Wildman–Crippen MR) is 76.5 cm³/mol. The number of ether oxygens (including phenoxy) is 2. The van der Waals surface area contributed by atoms with Gasteiger partial charge in [-0.3, -0.25) is 4.79 Å². The SMILES string of the molecule is COc1ccc(C=O)c(OCC(O)CC2CCCC2)c1. The van der Waals surface area contributed by atoms with Crippen LogP contribution in [0.2, 0.25) is 0 Å². The highest BCUT2D eigenvalue weighted by atomic mass is 16.5. The average molecular weight is 278 g/mol. The molecule has 1 fully saturated rings. The number of carbonyl (C=O) groups is 1. The van der Waals surface area contributed by atoms with E-state index in [9.17, 15) is 9.90 Å². The third-order valence-electron chi connectivity index (χ3n) is 3.86. The summed E-state index contributed by atoms with van der Waals surface area (Å²) in [5.41, 5.74) is 0.471. The molecule has 0 saturated heterocycles. The minimum Gasteiger partial charge on any atom is -0.497 e. The molecule has 20 heavy (non-hydrogen) atoms. The number of methoxy groups -OCH3 is 1. The highest BCUT2D eigenvalue weighted by molar-refractivity contribution is 5.79. The molecule has 4 nitrogen and oxygen atoms in total. The second kappa shape index (κ2) is 7.29. The average Bonchev–Trinajstić information content (AvgIpc) is 2.97. The van der Waals surface area contributed by atoms with E-state index in [0.717, 1.165) is 12.7 Å². The molecule has 0 aliphatic heterocycles. The minimum atomic E-state index is -0.483. The molecule has 0 amide bonds. The Bertz CT molecular complexity index is 438. The lowest BCUT2D eigenvalue weighted by atomic mass is 10.0. The number of rotatable bonds is 7. The van der Waals surface area contributed by atoms with Gasteiger partial charge in [-0.25, -0.2) is 0 Å². The van der Waals surface area contributed by atoms with E-state index in [2.05, 4.69) is 0 Å². The summed E-state index contributed by atoms with van der Waals surface area (Å²) in [5, 5.41) is 10.0. The summed E-state index contributed by atoms with van der Waals surface area (Å²) in [4.78, 5) is 11.0. The zero-order chi connectivity index (χ0) is 14.4. The van der Waals surface area contributed by atoms with Crippen molar-refractivity contribution in [3.63, 3.8) is 0 Å². The molecule has 1 unspecified atom stereocenters. The van der Waals surface area contributed by atoms with Gasteiger partial charge in [0.15, 0.2) is 6.29 Å². The monoisotopic (exact) mass is 278 g/mol. The van der Waals surface area contributed by atoms with Crippen LogP contribution in [0, 0.1) is 5.92 Å². The maximum Gasteiger partial charge on any atom is 0.153 e. The summed E-state index contributed by atoms with van der Waals surface area (Å²) >= 11 is 0. The fraction of sp³-hybridized carbons (Fsp3) is 0.562. The summed E-state index contributed by atoms with van der Waals surface area (Å²) in [6.45, 7) is 0.213. The highest BCUT2D eigenvalue weighted by Gasteiger charge is 2.19. The lowest BCUT2D eigenvalue weighted by Gasteiger charge is -2.17. The molecule has 4 heteroatoms. The van der Waals surface area contributed by atoms with Crippen LogP contribution in [0.15, 0.2) is 18.2 Å². The molecule has 1 saturated carbocycles. The molecule has 110 valence electrons. The van der Waals surface area contributed by atoms with Crippen molar-refractivity contribution >= 4 is 6.29 Å². The highest BCUT2D eigenvalue weighted by Crippen LogP contribution is 2.29. The van der Waals surface area contributed by atoms with Crippen molar-refractivity contribution in [2.45, 2.75) is 38.2 Å². The maximum atomic E-state index is 11.0. The van der Waals surface area contributed by atoms with E-state index < -0.39 is 6.10 Å². The zero-order valence-electron chi connectivity index (χ0n) is 11.9. The number of benzene rings is 1. The van der Waals surface area contributed by atoms with E-state index >= 15 is 0 Å². The molecule has 1 N–H and O–H groups in total. The molecule has 1 aromatic carbocycles. The van der Waals surface area contributed by atoms with Gasteiger partial charge in [0.05, 0.1) is 18.8 Å². The molecule has 0 aromatic heterocycles. The fourth-order valence-corrected chi connectivity index (χ4v) is 2.75. The topological polar surface area (TPSA) is 55.8 Å². The van der Waals surface area contributed by atoms with Gasteiger partial charge < -0.3 is 14.6 Å². The molecule has 1 aromatic rings. The molecule has 0 bridgehead atoms. The normalized spacial score (nSPS) is 16.9. The Kier molecular flexibility index (Phi) is 5.41. The van der Waals surface area contributed by atoms with Crippen LogP contribution in [0.3, 0.4) is 0 Å². The lowest BCUT2D eigenvalue weighted by Crippen LogP contribution is -2.20. The quantitative estimate of drug-likeness (QED) is 0.779. The van der Waals surface area contributed by atoms with Crippen molar-refractivity contribution in [3.05, 3.63) is 23.8 Å². The van der Waals surface area contributed by atoms with Crippen LogP contribution in [-0.4, -0.2) is 31.2 Å². The fourth-order valence-electron chi connectivity index (χ4n) is 2.75. The number of hydrogen-bond donors (Lipinski definition) is 1. The van der Waals surface area contributed by atoms with Gasteiger partial charge in [-0.2, -0.15) is 0 Å². The molecule has 2 rings (SSSR count). The van der Waals surface area contributed by atoms with Gasteiger partial charge in [-0.15, -0.1) is 0 Å². The number of aliphatic hydroxyl groups excluding tert-OH is 1. The standard InChI is InChI=1S/C16H22O4/c1-19-15-7-6-13(10-17)16(9-15)20-11-14(18)8-12-4-2-3-5-12/h6-7,9-10,12,14,18H,2-5,8,11H2,1H3. The maximum absolute atomic E-state index is 11.0. The van der Waals surface area contributed by atoms with Crippen LogP contribution in [0.1, 0.15) is 42.5 Å². The minimum absolute atomic E-state index is 0.213. The summed E-state index contributed by atoms with van der Waals surface area (Å²) in [5.74, 6) is 1.71. The van der Waals surface area contributed by atoms with Crippen LogP contribution in [0.5, 0.6) is 11.5 Å². The molecule has 1 aliphatic carbocycles. The molecular weight excluding hydrogens is 256 g/mol. The van der Waals surface area contributed by atoms with Gasteiger partial charge in [0.2, 0.25) is 0 Å². The van der Waals surface area contributed by atoms with Crippen LogP contribution in [-0.2, 0) is 0 Å². The van der Waals surface area contributed by atoms with Crippen molar-refractivity contribution in [1.29, 1.82) is 0 Å². The first-order valence-electron chi connectivity index (χ1n) is 7.17. The van der Waals surface area contributed by atoms with Gasteiger partial charge in [-0.05, 0) is 24.5 Å². The van der Waals surface area contributed by atoms with E-state index in [1.165, 1.54) is 25.7 Å². The Balaban J connectivity index is 1.89. The molecule has 0 radical (unpaired) electrons. The van der Waals surface area contributed by atoms with Crippen molar-refractivity contribution in [3.8, 4) is 11.5 Å². The first-order valence-corrected chi connectivity index (χ1v) is 7.17. The van der Waals surface area contributed by atoms with Crippen LogP contribution in [0.25, 0.3) is 0 Å². The second-order valence-electron chi connectivity index (χ2n) is 5.37. The van der Waals surface area contributed by atoms with Gasteiger partial charge in [0.1, 0.15) is 18.1 Å². The smallest absolute Gasteiger partial charge is 0.153 e. The van der Waals surface area contributed by atoms with E-state index in [4.69, 9.17) is 9.47 Å². The van der Waals surface area contributed by atoms with E-state index in [0.29, 0.717) is 23.0 Å². The first-order chi connectivity index (χ1) is 9.72. The van der Waals surface area contributed by atoms with Crippen LogP contribution in [0.4, 0.5) is 0 Å². The van der Waals surface area contributed by atoms with Crippen LogP contribution >= 0.6 is 0 Å².